The predicted molar refractivity (Wildman–Crippen MR) is 69.0 cm³/mol. The smallest absolute Gasteiger partial charge is 0.134 e. The van der Waals surface area contributed by atoms with E-state index in [1.165, 1.54) is 10.8 Å². The molecular formula is C15H9NO. The first kappa shape index (κ1) is 8.76. The molecule has 0 aliphatic carbocycles. The molecule has 17 heavy (non-hydrogen) atoms. The van der Waals surface area contributed by atoms with E-state index in [-0.39, 0.29) is 0 Å². The third-order valence-corrected chi connectivity index (χ3v) is 3.18. The first-order valence-electron chi connectivity index (χ1n) is 5.57. The van der Waals surface area contributed by atoms with E-state index in [0.29, 0.717) is 0 Å². The second-order valence-corrected chi connectivity index (χ2v) is 4.14. The molecule has 2 aromatic carbocycles. The highest BCUT2D eigenvalue weighted by atomic mass is 16.3. The molecule has 0 N–H and O–H groups in total. The van der Waals surface area contributed by atoms with Gasteiger partial charge < -0.3 is 4.42 Å². The standard InChI is InChI=1S/C15H9NO/c1-2-4-13-11(3-1)15-10(9-16-13)5-6-14-12(15)7-8-17-14/h1-9H. The molecule has 4 rings (SSSR count). The van der Waals surface area contributed by atoms with Gasteiger partial charge in [0.15, 0.2) is 0 Å². The number of hydrogen-bond donors (Lipinski definition) is 0. The number of furan rings is 1. The van der Waals surface area contributed by atoms with Crippen molar-refractivity contribution in [2.24, 2.45) is 0 Å². The van der Waals surface area contributed by atoms with Crippen LogP contribution in [-0.2, 0) is 0 Å². The van der Waals surface area contributed by atoms with Crippen LogP contribution in [0.1, 0.15) is 0 Å². The van der Waals surface area contributed by atoms with Gasteiger partial charge in [-0.1, -0.05) is 18.2 Å². The van der Waals surface area contributed by atoms with Crippen molar-refractivity contribution in [3.8, 4) is 0 Å². The molecule has 2 nitrogen and oxygen atoms in total. The second kappa shape index (κ2) is 3.08. The molecular weight excluding hydrogens is 210 g/mol. The van der Waals surface area contributed by atoms with E-state index in [2.05, 4.69) is 17.1 Å². The SMILES string of the molecule is c1ccc2c(c1)ncc1ccc3occc3c12. The third kappa shape index (κ3) is 1.12. The van der Waals surface area contributed by atoms with Gasteiger partial charge in [0.05, 0.1) is 11.8 Å². The van der Waals surface area contributed by atoms with Crippen molar-refractivity contribution in [2.75, 3.05) is 0 Å². The van der Waals surface area contributed by atoms with E-state index in [9.17, 15) is 0 Å². The van der Waals surface area contributed by atoms with Gasteiger partial charge in [0.2, 0.25) is 0 Å². The van der Waals surface area contributed by atoms with Crippen LogP contribution in [0.2, 0.25) is 0 Å². The van der Waals surface area contributed by atoms with Gasteiger partial charge in [-0.05, 0) is 24.3 Å². The van der Waals surface area contributed by atoms with Gasteiger partial charge in [-0.3, -0.25) is 4.98 Å². The lowest BCUT2D eigenvalue weighted by atomic mass is 10.0. The van der Waals surface area contributed by atoms with E-state index in [4.69, 9.17) is 4.42 Å². The van der Waals surface area contributed by atoms with Crippen LogP contribution in [0.5, 0.6) is 0 Å². The Morgan fingerprint density at radius 2 is 1.82 bits per heavy atom. The number of nitrogens with zero attached hydrogens (tertiary/aromatic N) is 1. The minimum absolute atomic E-state index is 0.925. The minimum atomic E-state index is 0.925. The molecule has 0 radical (unpaired) electrons. The van der Waals surface area contributed by atoms with Crippen molar-refractivity contribution >= 4 is 32.6 Å². The molecule has 0 aliphatic rings. The van der Waals surface area contributed by atoms with Crippen LogP contribution in [-0.4, -0.2) is 4.98 Å². The van der Waals surface area contributed by atoms with E-state index in [0.717, 1.165) is 21.9 Å². The van der Waals surface area contributed by atoms with Gasteiger partial charge in [0.25, 0.3) is 0 Å². The average Bonchev–Trinajstić information content (AvgIpc) is 2.86. The average molecular weight is 219 g/mol. The third-order valence-electron chi connectivity index (χ3n) is 3.18. The molecule has 0 unspecified atom stereocenters. The highest BCUT2D eigenvalue weighted by Crippen LogP contribution is 2.31. The maximum atomic E-state index is 5.45. The molecule has 0 amide bonds. The van der Waals surface area contributed by atoms with E-state index >= 15 is 0 Å². The Morgan fingerprint density at radius 3 is 2.82 bits per heavy atom. The zero-order valence-corrected chi connectivity index (χ0v) is 9.05. The summed E-state index contributed by atoms with van der Waals surface area (Å²) in [6, 6.07) is 14.3. The zero-order chi connectivity index (χ0) is 11.2. The Bertz CT molecular complexity index is 845. The fraction of sp³-hybridized carbons (Fsp3) is 0. The van der Waals surface area contributed by atoms with Crippen molar-refractivity contribution in [3.63, 3.8) is 0 Å². The molecule has 0 fully saturated rings. The van der Waals surface area contributed by atoms with Crippen LogP contribution < -0.4 is 0 Å². The first-order valence-corrected chi connectivity index (χ1v) is 5.57. The number of rotatable bonds is 0. The van der Waals surface area contributed by atoms with Crippen LogP contribution in [0.15, 0.2) is 59.3 Å². The maximum Gasteiger partial charge on any atom is 0.134 e. The summed E-state index contributed by atoms with van der Waals surface area (Å²) in [5.74, 6) is 0. The summed E-state index contributed by atoms with van der Waals surface area (Å²) in [7, 11) is 0. The number of para-hydroxylation sites is 1. The number of pyridine rings is 1. The monoisotopic (exact) mass is 219 g/mol. The Morgan fingerprint density at radius 1 is 0.882 bits per heavy atom. The minimum Gasteiger partial charge on any atom is -0.464 e. The largest absolute Gasteiger partial charge is 0.464 e. The maximum absolute atomic E-state index is 5.45. The van der Waals surface area contributed by atoms with Crippen LogP contribution >= 0.6 is 0 Å². The van der Waals surface area contributed by atoms with E-state index in [1.807, 2.05) is 36.5 Å². The molecule has 2 heterocycles. The number of aromatic nitrogens is 1. The van der Waals surface area contributed by atoms with Crippen LogP contribution in [0.4, 0.5) is 0 Å². The number of benzene rings is 2. The molecule has 0 saturated carbocycles. The highest BCUT2D eigenvalue weighted by molar-refractivity contribution is 6.18. The fourth-order valence-corrected chi connectivity index (χ4v) is 2.41. The number of fused-ring (bicyclic) bond motifs is 5. The van der Waals surface area contributed by atoms with Crippen molar-refractivity contribution in [1.82, 2.24) is 4.98 Å². The van der Waals surface area contributed by atoms with Crippen molar-refractivity contribution in [1.29, 1.82) is 0 Å². The molecule has 0 saturated heterocycles. The molecule has 4 aromatic rings. The summed E-state index contributed by atoms with van der Waals surface area (Å²) in [5, 5.41) is 4.71. The lowest BCUT2D eigenvalue weighted by Crippen LogP contribution is -1.81. The van der Waals surface area contributed by atoms with Crippen molar-refractivity contribution < 1.29 is 4.42 Å². The molecule has 0 bridgehead atoms. The van der Waals surface area contributed by atoms with Crippen molar-refractivity contribution in [2.45, 2.75) is 0 Å². The van der Waals surface area contributed by atoms with Gasteiger partial charge in [-0.2, -0.15) is 0 Å². The van der Waals surface area contributed by atoms with Gasteiger partial charge in [-0.15, -0.1) is 0 Å². The van der Waals surface area contributed by atoms with Gasteiger partial charge in [0, 0.05) is 27.7 Å². The summed E-state index contributed by atoms with van der Waals surface area (Å²) in [4.78, 5) is 4.47. The lowest BCUT2D eigenvalue weighted by molar-refractivity contribution is 0.616. The Balaban J connectivity index is 2.41. The fourth-order valence-electron chi connectivity index (χ4n) is 2.41. The highest BCUT2D eigenvalue weighted by Gasteiger charge is 2.06. The first-order chi connectivity index (χ1) is 8.43. The van der Waals surface area contributed by atoms with E-state index < -0.39 is 0 Å². The topological polar surface area (TPSA) is 26.0 Å². The molecule has 2 aromatic heterocycles. The van der Waals surface area contributed by atoms with Gasteiger partial charge in [0.1, 0.15) is 5.58 Å². The normalized spacial score (nSPS) is 11.5. The lowest BCUT2D eigenvalue weighted by Gasteiger charge is -2.03. The Labute approximate surface area is 97.5 Å². The quantitative estimate of drug-likeness (QED) is 0.415. The van der Waals surface area contributed by atoms with Crippen molar-refractivity contribution in [3.05, 3.63) is 54.9 Å². The summed E-state index contributed by atoms with van der Waals surface area (Å²) < 4.78 is 5.45. The number of hydrogen-bond acceptors (Lipinski definition) is 2. The van der Waals surface area contributed by atoms with Gasteiger partial charge >= 0.3 is 0 Å². The van der Waals surface area contributed by atoms with Crippen LogP contribution in [0, 0.1) is 0 Å². The molecule has 80 valence electrons. The molecule has 2 heteroatoms. The molecule has 0 spiro atoms. The molecule has 0 atom stereocenters. The van der Waals surface area contributed by atoms with Crippen LogP contribution in [0.3, 0.4) is 0 Å². The summed E-state index contributed by atoms with van der Waals surface area (Å²) in [6.07, 6.45) is 3.66. The summed E-state index contributed by atoms with van der Waals surface area (Å²) in [5.41, 5.74) is 1.95. The molecule has 0 aliphatic heterocycles. The second-order valence-electron chi connectivity index (χ2n) is 4.14. The summed E-state index contributed by atoms with van der Waals surface area (Å²) in [6.45, 7) is 0. The van der Waals surface area contributed by atoms with E-state index in [1.54, 1.807) is 6.26 Å². The van der Waals surface area contributed by atoms with Gasteiger partial charge in [-0.25, -0.2) is 0 Å². The Kier molecular flexibility index (Phi) is 1.59. The predicted octanol–water partition coefficient (Wildman–Crippen LogP) is 4.13. The Hall–Kier alpha value is -2.35. The zero-order valence-electron chi connectivity index (χ0n) is 9.05. The van der Waals surface area contributed by atoms with Crippen LogP contribution in [0.25, 0.3) is 32.6 Å². The summed E-state index contributed by atoms with van der Waals surface area (Å²) >= 11 is 0.